The number of anilines is 1. The van der Waals surface area contributed by atoms with E-state index in [4.69, 9.17) is 4.74 Å². The van der Waals surface area contributed by atoms with E-state index in [0.29, 0.717) is 11.6 Å². The van der Waals surface area contributed by atoms with Crippen LogP contribution < -0.4 is 10.1 Å². The van der Waals surface area contributed by atoms with Crippen molar-refractivity contribution in [2.24, 2.45) is 0 Å². The van der Waals surface area contributed by atoms with Crippen molar-refractivity contribution in [3.63, 3.8) is 0 Å². The molecular weight excluding hydrogens is 225 g/mol. The van der Waals surface area contributed by atoms with E-state index in [1.54, 1.807) is 6.07 Å². The van der Waals surface area contributed by atoms with Crippen LogP contribution in [0.5, 0.6) is 5.75 Å². The molecule has 2 aromatic rings. The molecule has 0 aliphatic carbocycles. The maximum absolute atomic E-state index is 13.5. The standard InChI is InChI=1S/C11H10FN3O2/c1-17-7-2-3-8(9(12)6-7)11(16)14-10-4-5-13-15-10/h2-6H,1H3,(H2,13,14,15,16). The number of benzene rings is 1. The van der Waals surface area contributed by atoms with E-state index in [1.165, 1.54) is 25.4 Å². The first-order valence-electron chi connectivity index (χ1n) is 4.85. The lowest BCUT2D eigenvalue weighted by atomic mass is 10.2. The number of rotatable bonds is 3. The predicted molar refractivity (Wildman–Crippen MR) is 59.5 cm³/mol. The second-order valence-electron chi connectivity index (χ2n) is 3.27. The van der Waals surface area contributed by atoms with Crippen LogP contribution in [0.3, 0.4) is 0 Å². The zero-order chi connectivity index (χ0) is 12.3. The number of hydrogen-bond donors (Lipinski definition) is 2. The van der Waals surface area contributed by atoms with Crippen LogP contribution in [0.15, 0.2) is 30.5 Å². The molecule has 0 fully saturated rings. The van der Waals surface area contributed by atoms with Crippen molar-refractivity contribution in [3.05, 3.63) is 41.8 Å². The van der Waals surface area contributed by atoms with Crippen LogP contribution >= 0.6 is 0 Å². The summed E-state index contributed by atoms with van der Waals surface area (Å²) < 4.78 is 18.4. The Labute approximate surface area is 96.6 Å². The number of carbonyl (C=O) groups excluding carboxylic acids is 1. The van der Waals surface area contributed by atoms with Gasteiger partial charge in [0.1, 0.15) is 17.4 Å². The molecule has 0 saturated heterocycles. The number of halogens is 1. The number of methoxy groups -OCH3 is 1. The summed E-state index contributed by atoms with van der Waals surface area (Å²) in [4.78, 5) is 11.7. The van der Waals surface area contributed by atoms with Crippen molar-refractivity contribution < 1.29 is 13.9 Å². The number of hydrogen-bond acceptors (Lipinski definition) is 3. The van der Waals surface area contributed by atoms with Crippen LogP contribution in [0.1, 0.15) is 10.4 Å². The third-order valence-electron chi connectivity index (χ3n) is 2.17. The van der Waals surface area contributed by atoms with E-state index in [2.05, 4.69) is 15.5 Å². The first kappa shape index (κ1) is 11.1. The van der Waals surface area contributed by atoms with E-state index >= 15 is 0 Å². The Morgan fingerprint density at radius 2 is 2.29 bits per heavy atom. The molecule has 1 amide bonds. The van der Waals surface area contributed by atoms with Crippen molar-refractivity contribution in [1.29, 1.82) is 0 Å². The second kappa shape index (κ2) is 4.65. The van der Waals surface area contributed by atoms with Gasteiger partial charge in [-0.15, -0.1) is 0 Å². The fourth-order valence-electron chi connectivity index (χ4n) is 1.32. The van der Waals surface area contributed by atoms with Gasteiger partial charge < -0.3 is 10.1 Å². The van der Waals surface area contributed by atoms with Crippen LogP contribution in [0.2, 0.25) is 0 Å². The Bertz CT molecular complexity index is 526. The molecule has 17 heavy (non-hydrogen) atoms. The van der Waals surface area contributed by atoms with Crippen molar-refractivity contribution in [1.82, 2.24) is 10.2 Å². The molecule has 88 valence electrons. The van der Waals surface area contributed by atoms with E-state index in [-0.39, 0.29) is 5.56 Å². The first-order valence-corrected chi connectivity index (χ1v) is 4.85. The van der Waals surface area contributed by atoms with E-state index in [1.807, 2.05) is 0 Å². The summed E-state index contributed by atoms with van der Waals surface area (Å²) in [5.74, 6) is -0.415. The minimum Gasteiger partial charge on any atom is -0.497 e. The Morgan fingerprint density at radius 1 is 1.47 bits per heavy atom. The molecule has 2 rings (SSSR count). The average molecular weight is 235 g/mol. The van der Waals surface area contributed by atoms with Crippen LogP contribution in [0, 0.1) is 5.82 Å². The SMILES string of the molecule is COc1ccc(C(=O)Nc2ccn[nH]2)c(F)c1. The summed E-state index contributed by atoms with van der Waals surface area (Å²) in [7, 11) is 1.43. The molecule has 1 aromatic carbocycles. The summed E-state index contributed by atoms with van der Waals surface area (Å²) >= 11 is 0. The fourth-order valence-corrected chi connectivity index (χ4v) is 1.32. The summed E-state index contributed by atoms with van der Waals surface area (Å²) in [5.41, 5.74) is -0.0552. The number of ether oxygens (including phenoxy) is 1. The maximum atomic E-state index is 13.5. The van der Waals surface area contributed by atoms with Gasteiger partial charge in [0, 0.05) is 12.1 Å². The highest BCUT2D eigenvalue weighted by atomic mass is 19.1. The molecule has 0 radical (unpaired) electrons. The van der Waals surface area contributed by atoms with Crippen LogP contribution in [0.4, 0.5) is 10.2 Å². The fraction of sp³-hybridized carbons (Fsp3) is 0.0909. The largest absolute Gasteiger partial charge is 0.497 e. The molecular formula is C11H10FN3O2. The molecule has 0 saturated carbocycles. The summed E-state index contributed by atoms with van der Waals surface area (Å²) in [6, 6.07) is 5.60. The number of amides is 1. The van der Waals surface area contributed by atoms with E-state index in [9.17, 15) is 9.18 Å². The number of carbonyl (C=O) groups is 1. The molecule has 0 unspecified atom stereocenters. The molecule has 5 nitrogen and oxygen atoms in total. The van der Waals surface area contributed by atoms with Crippen LogP contribution in [-0.4, -0.2) is 23.2 Å². The van der Waals surface area contributed by atoms with Gasteiger partial charge in [-0.2, -0.15) is 5.10 Å². The highest BCUT2D eigenvalue weighted by molar-refractivity contribution is 6.03. The number of nitrogens with one attached hydrogen (secondary N) is 2. The smallest absolute Gasteiger partial charge is 0.259 e. The third-order valence-corrected chi connectivity index (χ3v) is 2.17. The molecule has 0 atom stereocenters. The quantitative estimate of drug-likeness (QED) is 0.852. The van der Waals surface area contributed by atoms with Gasteiger partial charge >= 0.3 is 0 Å². The minimum atomic E-state index is -0.638. The van der Waals surface area contributed by atoms with Crippen LogP contribution in [-0.2, 0) is 0 Å². The zero-order valence-corrected chi connectivity index (χ0v) is 9.03. The number of nitrogens with zero attached hydrogens (tertiary/aromatic N) is 1. The molecule has 0 aliphatic heterocycles. The molecule has 0 aliphatic rings. The average Bonchev–Trinajstić information content (AvgIpc) is 2.81. The maximum Gasteiger partial charge on any atom is 0.259 e. The van der Waals surface area contributed by atoms with Crippen molar-refractivity contribution in [2.45, 2.75) is 0 Å². The highest BCUT2D eigenvalue weighted by Crippen LogP contribution is 2.17. The molecule has 1 heterocycles. The van der Waals surface area contributed by atoms with Crippen molar-refractivity contribution in [3.8, 4) is 5.75 Å². The Hall–Kier alpha value is -2.37. The Balaban J connectivity index is 2.19. The molecule has 6 heteroatoms. The van der Waals surface area contributed by atoms with Crippen LogP contribution in [0.25, 0.3) is 0 Å². The zero-order valence-electron chi connectivity index (χ0n) is 9.03. The normalized spacial score (nSPS) is 10.0. The summed E-state index contributed by atoms with van der Waals surface area (Å²) in [6.07, 6.45) is 1.49. The highest BCUT2D eigenvalue weighted by Gasteiger charge is 2.13. The van der Waals surface area contributed by atoms with E-state index < -0.39 is 11.7 Å². The van der Waals surface area contributed by atoms with Gasteiger partial charge in [0.25, 0.3) is 5.91 Å². The lowest BCUT2D eigenvalue weighted by Crippen LogP contribution is -2.14. The number of aromatic nitrogens is 2. The van der Waals surface area contributed by atoms with Gasteiger partial charge in [0.2, 0.25) is 0 Å². The monoisotopic (exact) mass is 235 g/mol. The van der Waals surface area contributed by atoms with Crippen molar-refractivity contribution in [2.75, 3.05) is 12.4 Å². The molecule has 1 aromatic heterocycles. The number of H-pyrrole nitrogens is 1. The molecule has 0 bridgehead atoms. The Morgan fingerprint density at radius 3 is 2.88 bits per heavy atom. The lowest BCUT2D eigenvalue weighted by Gasteiger charge is -2.05. The topological polar surface area (TPSA) is 67.0 Å². The van der Waals surface area contributed by atoms with Gasteiger partial charge in [-0.3, -0.25) is 9.89 Å². The Kier molecular flexibility index (Phi) is 3.04. The predicted octanol–water partition coefficient (Wildman–Crippen LogP) is 1.81. The van der Waals surface area contributed by atoms with Gasteiger partial charge in [-0.1, -0.05) is 0 Å². The first-order chi connectivity index (χ1) is 8.20. The lowest BCUT2D eigenvalue weighted by molar-refractivity contribution is 0.102. The van der Waals surface area contributed by atoms with Gasteiger partial charge in [-0.25, -0.2) is 4.39 Å². The second-order valence-corrected chi connectivity index (χ2v) is 3.27. The number of aromatic amines is 1. The molecule has 2 N–H and O–H groups in total. The van der Waals surface area contributed by atoms with Crippen molar-refractivity contribution >= 4 is 11.7 Å². The minimum absolute atomic E-state index is 0.0552. The third kappa shape index (κ3) is 2.41. The summed E-state index contributed by atoms with van der Waals surface area (Å²) in [5, 5.41) is 8.69. The van der Waals surface area contributed by atoms with Gasteiger partial charge in [-0.05, 0) is 12.1 Å². The summed E-state index contributed by atoms with van der Waals surface area (Å²) in [6.45, 7) is 0. The van der Waals surface area contributed by atoms with E-state index in [0.717, 1.165) is 6.07 Å². The molecule has 0 spiro atoms. The van der Waals surface area contributed by atoms with Gasteiger partial charge in [0.05, 0.1) is 18.9 Å². The van der Waals surface area contributed by atoms with Gasteiger partial charge in [0.15, 0.2) is 0 Å².